The number of aromatic nitrogens is 3. The monoisotopic (exact) mass is 437 g/mol. The molecule has 0 radical (unpaired) electrons. The Balaban J connectivity index is 1.68. The highest BCUT2D eigenvalue weighted by molar-refractivity contribution is 7.99. The lowest BCUT2D eigenvalue weighted by molar-refractivity contribution is -0.126. The molecule has 3 rings (SSSR count). The number of ketones is 1. The van der Waals surface area contributed by atoms with Gasteiger partial charge in [-0.25, -0.2) is 0 Å². The van der Waals surface area contributed by atoms with Gasteiger partial charge in [-0.3, -0.25) is 14.2 Å². The van der Waals surface area contributed by atoms with Crippen LogP contribution in [0.4, 0.5) is 5.95 Å². The van der Waals surface area contributed by atoms with Gasteiger partial charge in [0.1, 0.15) is 0 Å². The number of piperidine rings is 1. The van der Waals surface area contributed by atoms with Crippen LogP contribution >= 0.6 is 11.8 Å². The van der Waals surface area contributed by atoms with E-state index in [1.807, 2.05) is 13.8 Å². The van der Waals surface area contributed by atoms with Crippen LogP contribution in [0.15, 0.2) is 5.16 Å². The maximum absolute atomic E-state index is 12.5. The molecule has 0 saturated carbocycles. The summed E-state index contributed by atoms with van der Waals surface area (Å²) in [5.41, 5.74) is 0. The van der Waals surface area contributed by atoms with Crippen molar-refractivity contribution in [3.63, 3.8) is 0 Å². The standard InChI is InChI=1S/C21H35N5O3S/c1-14(2)19(16(4)27)22-18(28)13-30-21-24-23-20(25-9-7-15(3)8-10-25)26(21)12-17-6-5-11-29-17/h14-15,17,19H,5-13H2,1-4H3,(H,22,28). The fraction of sp³-hybridized carbons (Fsp3) is 0.810. The topological polar surface area (TPSA) is 89.4 Å². The first-order chi connectivity index (χ1) is 14.3. The second kappa shape index (κ2) is 10.6. The lowest BCUT2D eigenvalue weighted by Crippen LogP contribution is -2.44. The summed E-state index contributed by atoms with van der Waals surface area (Å²) in [5, 5.41) is 12.5. The normalized spacial score (nSPS) is 21.2. The van der Waals surface area contributed by atoms with Gasteiger partial charge in [0.25, 0.3) is 0 Å². The first kappa shape index (κ1) is 23.1. The summed E-state index contributed by atoms with van der Waals surface area (Å²) in [7, 11) is 0. The van der Waals surface area contributed by atoms with Crippen LogP contribution in [-0.2, 0) is 20.9 Å². The molecular formula is C21H35N5O3S. The van der Waals surface area contributed by atoms with E-state index in [2.05, 4.69) is 31.9 Å². The van der Waals surface area contributed by atoms with Gasteiger partial charge in [-0.2, -0.15) is 0 Å². The second-order valence-corrected chi connectivity index (χ2v) is 9.83. The van der Waals surface area contributed by atoms with Crippen molar-refractivity contribution < 1.29 is 14.3 Å². The van der Waals surface area contributed by atoms with Gasteiger partial charge in [-0.05, 0) is 44.4 Å². The number of carbonyl (C=O) groups is 2. The van der Waals surface area contributed by atoms with Crippen molar-refractivity contribution in [2.24, 2.45) is 11.8 Å². The zero-order valence-corrected chi connectivity index (χ0v) is 19.4. The first-order valence-corrected chi connectivity index (χ1v) is 12.1. The van der Waals surface area contributed by atoms with E-state index in [0.717, 1.165) is 62.4 Å². The molecule has 30 heavy (non-hydrogen) atoms. The van der Waals surface area contributed by atoms with Gasteiger partial charge in [-0.15, -0.1) is 10.2 Å². The van der Waals surface area contributed by atoms with E-state index in [4.69, 9.17) is 4.74 Å². The van der Waals surface area contributed by atoms with E-state index in [1.165, 1.54) is 18.7 Å². The van der Waals surface area contributed by atoms with Crippen LogP contribution in [0.3, 0.4) is 0 Å². The molecule has 0 spiro atoms. The number of hydrogen-bond donors (Lipinski definition) is 1. The maximum atomic E-state index is 12.5. The van der Waals surface area contributed by atoms with Gasteiger partial charge in [-0.1, -0.05) is 32.5 Å². The van der Waals surface area contributed by atoms with Gasteiger partial charge in [0.05, 0.1) is 24.4 Å². The summed E-state index contributed by atoms with van der Waals surface area (Å²) < 4.78 is 7.97. The van der Waals surface area contributed by atoms with Gasteiger partial charge in [0.2, 0.25) is 11.9 Å². The Morgan fingerprint density at radius 2 is 1.97 bits per heavy atom. The Morgan fingerprint density at radius 3 is 2.57 bits per heavy atom. The summed E-state index contributed by atoms with van der Waals surface area (Å²) in [6.45, 7) is 11.1. The number of anilines is 1. The molecule has 2 fully saturated rings. The highest BCUT2D eigenvalue weighted by Crippen LogP contribution is 2.28. The maximum Gasteiger partial charge on any atom is 0.231 e. The summed E-state index contributed by atoms with van der Waals surface area (Å²) >= 11 is 1.37. The predicted octanol–water partition coefficient (Wildman–Crippen LogP) is 2.52. The molecule has 2 saturated heterocycles. The van der Waals surface area contributed by atoms with Gasteiger partial charge in [0, 0.05) is 19.7 Å². The van der Waals surface area contributed by atoms with Crippen LogP contribution in [0.5, 0.6) is 0 Å². The zero-order chi connectivity index (χ0) is 21.7. The van der Waals surface area contributed by atoms with Crippen molar-refractivity contribution >= 4 is 29.4 Å². The molecule has 1 amide bonds. The minimum atomic E-state index is -0.450. The minimum Gasteiger partial charge on any atom is -0.376 e. The first-order valence-electron chi connectivity index (χ1n) is 11.1. The molecule has 1 N–H and O–H groups in total. The lowest BCUT2D eigenvalue weighted by atomic mass is 10.00. The fourth-order valence-electron chi connectivity index (χ4n) is 4.06. The molecule has 0 aromatic carbocycles. The van der Waals surface area contributed by atoms with E-state index in [9.17, 15) is 9.59 Å². The van der Waals surface area contributed by atoms with Crippen LogP contribution < -0.4 is 10.2 Å². The molecule has 2 aliphatic rings. The molecule has 9 heteroatoms. The smallest absolute Gasteiger partial charge is 0.231 e. The fourth-order valence-corrected chi connectivity index (χ4v) is 4.82. The number of rotatable bonds is 9. The van der Waals surface area contributed by atoms with Crippen LogP contribution in [0.2, 0.25) is 0 Å². The summed E-state index contributed by atoms with van der Waals surface area (Å²) in [6, 6.07) is -0.450. The highest BCUT2D eigenvalue weighted by atomic mass is 32.2. The Bertz CT molecular complexity index is 724. The summed E-state index contributed by atoms with van der Waals surface area (Å²) in [5.74, 6) is 1.71. The molecule has 2 unspecified atom stereocenters. The SMILES string of the molecule is CC(=O)C(NC(=O)CSc1nnc(N2CCC(C)CC2)n1CC1CCCO1)C(C)C. The number of nitrogens with one attached hydrogen (secondary N) is 1. The van der Waals surface area contributed by atoms with Crippen molar-refractivity contribution in [2.45, 2.75) is 77.2 Å². The number of thioether (sulfide) groups is 1. The Labute approximate surface area is 183 Å². The van der Waals surface area contributed by atoms with Crippen LogP contribution in [0.1, 0.15) is 53.4 Å². The molecule has 2 atom stereocenters. The third-order valence-electron chi connectivity index (χ3n) is 5.93. The summed E-state index contributed by atoms with van der Waals surface area (Å²) in [6.07, 6.45) is 4.59. The number of Topliss-reactive ketones (excluding diaryl/α,β-unsaturated/α-hetero) is 1. The van der Waals surface area contributed by atoms with E-state index in [-0.39, 0.29) is 29.5 Å². The number of carbonyl (C=O) groups excluding carboxylic acids is 2. The zero-order valence-electron chi connectivity index (χ0n) is 18.6. The molecule has 3 heterocycles. The number of amides is 1. The minimum absolute atomic E-state index is 0.0217. The largest absolute Gasteiger partial charge is 0.376 e. The van der Waals surface area contributed by atoms with Gasteiger partial charge in [0.15, 0.2) is 10.9 Å². The summed E-state index contributed by atoms with van der Waals surface area (Å²) in [4.78, 5) is 26.5. The lowest BCUT2D eigenvalue weighted by Gasteiger charge is -2.31. The highest BCUT2D eigenvalue weighted by Gasteiger charge is 2.27. The number of nitrogens with zero attached hydrogens (tertiary/aromatic N) is 4. The number of ether oxygens (including phenoxy) is 1. The van der Waals surface area contributed by atoms with Crippen LogP contribution in [-0.4, -0.2) is 64.0 Å². The molecular weight excluding hydrogens is 402 g/mol. The molecule has 1 aromatic heterocycles. The van der Waals surface area contributed by atoms with Gasteiger partial charge < -0.3 is 15.0 Å². The van der Waals surface area contributed by atoms with E-state index >= 15 is 0 Å². The molecule has 8 nitrogen and oxygen atoms in total. The Morgan fingerprint density at radius 1 is 1.23 bits per heavy atom. The quantitative estimate of drug-likeness (QED) is 0.594. The molecule has 1 aromatic rings. The van der Waals surface area contributed by atoms with Crippen LogP contribution in [0, 0.1) is 11.8 Å². The molecule has 0 aliphatic carbocycles. The van der Waals surface area contributed by atoms with Crippen molar-refractivity contribution in [3.8, 4) is 0 Å². The van der Waals surface area contributed by atoms with E-state index in [1.54, 1.807) is 0 Å². The molecule has 2 aliphatic heterocycles. The average molecular weight is 438 g/mol. The molecule has 0 bridgehead atoms. The Hall–Kier alpha value is -1.61. The van der Waals surface area contributed by atoms with Crippen molar-refractivity contribution in [2.75, 3.05) is 30.3 Å². The van der Waals surface area contributed by atoms with Crippen LogP contribution in [0.25, 0.3) is 0 Å². The van der Waals surface area contributed by atoms with Gasteiger partial charge >= 0.3 is 0 Å². The van der Waals surface area contributed by atoms with E-state index in [0.29, 0.717) is 6.54 Å². The van der Waals surface area contributed by atoms with Crippen molar-refractivity contribution in [1.29, 1.82) is 0 Å². The molecule has 168 valence electrons. The predicted molar refractivity (Wildman–Crippen MR) is 118 cm³/mol. The van der Waals surface area contributed by atoms with E-state index < -0.39 is 6.04 Å². The average Bonchev–Trinajstić information content (AvgIpc) is 3.35. The second-order valence-electron chi connectivity index (χ2n) is 8.89. The third-order valence-corrected chi connectivity index (χ3v) is 6.89. The van der Waals surface area contributed by atoms with Crippen molar-refractivity contribution in [3.05, 3.63) is 0 Å². The number of hydrogen-bond acceptors (Lipinski definition) is 7. The Kier molecular flexibility index (Phi) is 8.16. The van der Waals surface area contributed by atoms with Crippen molar-refractivity contribution in [1.82, 2.24) is 20.1 Å². The third kappa shape index (κ3) is 5.97.